The first-order chi connectivity index (χ1) is 14.5. The molecule has 1 aromatic heterocycles. The number of fused-ring (bicyclic) bond motifs is 1. The smallest absolute Gasteiger partial charge is 0.161 e. The highest BCUT2D eigenvalue weighted by Crippen LogP contribution is 2.28. The van der Waals surface area contributed by atoms with Gasteiger partial charge in [0.25, 0.3) is 0 Å². The van der Waals surface area contributed by atoms with Crippen LogP contribution in [0.25, 0.3) is 10.9 Å². The van der Waals surface area contributed by atoms with E-state index in [1.165, 1.54) is 0 Å². The third-order valence-electron chi connectivity index (χ3n) is 5.76. The van der Waals surface area contributed by atoms with Gasteiger partial charge in [0, 0.05) is 46.8 Å². The molecule has 0 spiro atoms. The Kier molecular flexibility index (Phi) is 6.81. The quantitative estimate of drug-likeness (QED) is 0.371. The summed E-state index contributed by atoms with van der Waals surface area (Å²) in [5.41, 5.74) is 1.91. The first-order valence-corrected chi connectivity index (χ1v) is 11.6. The largest absolute Gasteiger partial charge is 0.489 e. The Morgan fingerprint density at radius 1 is 1.17 bits per heavy atom. The van der Waals surface area contributed by atoms with Crippen molar-refractivity contribution in [2.24, 2.45) is 0 Å². The second-order valence-corrected chi connectivity index (χ2v) is 9.22. The van der Waals surface area contributed by atoms with Gasteiger partial charge < -0.3 is 14.2 Å². The topological polar surface area (TPSA) is 34.5 Å². The zero-order chi connectivity index (χ0) is 21.1. The van der Waals surface area contributed by atoms with Gasteiger partial charge in [-0.25, -0.2) is 0 Å². The van der Waals surface area contributed by atoms with Gasteiger partial charge in [-0.1, -0.05) is 45.7 Å². The zero-order valence-corrected chi connectivity index (χ0v) is 19.5. The van der Waals surface area contributed by atoms with E-state index in [1.54, 1.807) is 6.92 Å². The van der Waals surface area contributed by atoms with Crippen molar-refractivity contribution in [2.75, 3.05) is 19.6 Å². The maximum Gasteiger partial charge on any atom is 0.161 e. The number of ether oxygens (including phenoxy) is 1. The van der Waals surface area contributed by atoms with Crippen LogP contribution < -0.4 is 4.74 Å². The van der Waals surface area contributed by atoms with E-state index in [2.05, 4.69) is 31.5 Å². The van der Waals surface area contributed by atoms with Crippen LogP contribution in [-0.4, -0.2) is 41.0 Å². The summed E-state index contributed by atoms with van der Waals surface area (Å²) in [6, 6.07) is 13.8. The van der Waals surface area contributed by atoms with Crippen LogP contribution in [0.1, 0.15) is 36.5 Å². The van der Waals surface area contributed by atoms with Crippen molar-refractivity contribution >= 4 is 44.2 Å². The number of halogens is 2. The van der Waals surface area contributed by atoms with E-state index in [0.717, 1.165) is 72.1 Å². The summed E-state index contributed by atoms with van der Waals surface area (Å²) in [4.78, 5) is 14.5. The number of aromatic nitrogens is 1. The zero-order valence-electron chi connectivity index (χ0n) is 17.1. The molecule has 0 unspecified atom stereocenters. The molecular formula is C24H26BrClN2O2. The van der Waals surface area contributed by atoms with Crippen molar-refractivity contribution in [3.63, 3.8) is 0 Å². The van der Waals surface area contributed by atoms with Gasteiger partial charge in [0.05, 0.1) is 5.02 Å². The normalized spacial score (nSPS) is 15.6. The lowest BCUT2D eigenvalue weighted by Crippen LogP contribution is -2.39. The number of benzene rings is 2. The Balaban J connectivity index is 1.30. The highest BCUT2D eigenvalue weighted by molar-refractivity contribution is 9.10. The van der Waals surface area contributed by atoms with Gasteiger partial charge in [-0.05, 0) is 57.0 Å². The Morgan fingerprint density at radius 3 is 2.67 bits per heavy atom. The molecule has 4 nitrogen and oxygen atoms in total. The van der Waals surface area contributed by atoms with Gasteiger partial charge in [-0.15, -0.1) is 0 Å². The van der Waals surface area contributed by atoms with E-state index in [9.17, 15) is 4.79 Å². The number of para-hydroxylation sites is 1. The molecule has 0 aliphatic carbocycles. The first kappa shape index (κ1) is 21.4. The summed E-state index contributed by atoms with van der Waals surface area (Å²) in [6.07, 6.45) is 5.30. The molecule has 0 radical (unpaired) electrons. The lowest BCUT2D eigenvalue weighted by Gasteiger charge is -2.32. The molecule has 2 aromatic carbocycles. The number of hydrogen-bond acceptors (Lipinski definition) is 3. The average molecular weight is 490 g/mol. The summed E-state index contributed by atoms with van der Waals surface area (Å²) in [5, 5.41) is 1.71. The number of ketones is 1. The van der Waals surface area contributed by atoms with Crippen molar-refractivity contribution < 1.29 is 9.53 Å². The minimum Gasteiger partial charge on any atom is -0.489 e. The van der Waals surface area contributed by atoms with E-state index < -0.39 is 0 Å². The van der Waals surface area contributed by atoms with Crippen LogP contribution >= 0.6 is 27.5 Å². The Hall–Kier alpha value is -1.82. The number of aryl methyl sites for hydroxylation is 1. The second-order valence-electron chi connectivity index (χ2n) is 7.90. The van der Waals surface area contributed by atoms with Crippen LogP contribution in [0, 0.1) is 0 Å². The van der Waals surface area contributed by atoms with Gasteiger partial charge in [0.2, 0.25) is 0 Å². The predicted molar refractivity (Wildman–Crippen MR) is 126 cm³/mol. The van der Waals surface area contributed by atoms with E-state index in [1.807, 2.05) is 42.6 Å². The van der Waals surface area contributed by atoms with Gasteiger partial charge in [-0.3, -0.25) is 4.79 Å². The van der Waals surface area contributed by atoms with Crippen molar-refractivity contribution in [3.05, 3.63) is 63.7 Å². The highest BCUT2D eigenvalue weighted by atomic mass is 79.9. The molecule has 2 heterocycles. The number of rotatable bonds is 7. The van der Waals surface area contributed by atoms with Crippen LogP contribution in [0.3, 0.4) is 0 Å². The average Bonchev–Trinajstić information content (AvgIpc) is 3.09. The van der Waals surface area contributed by atoms with E-state index in [0.29, 0.717) is 5.02 Å². The molecular weight excluding hydrogens is 464 g/mol. The van der Waals surface area contributed by atoms with E-state index in [-0.39, 0.29) is 11.9 Å². The molecule has 0 bridgehead atoms. The van der Waals surface area contributed by atoms with E-state index in [4.69, 9.17) is 16.3 Å². The molecule has 1 saturated heterocycles. The molecule has 0 amide bonds. The number of likely N-dealkylation sites (tertiary alicyclic amines) is 1. The van der Waals surface area contributed by atoms with Gasteiger partial charge >= 0.3 is 0 Å². The third-order valence-corrected chi connectivity index (χ3v) is 6.57. The fourth-order valence-electron chi connectivity index (χ4n) is 4.17. The van der Waals surface area contributed by atoms with Gasteiger partial charge in [0.1, 0.15) is 11.9 Å². The molecule has 30 heavy (non-hydrogen) atoms. The van der Waals surface area contributed by atoms with Crippen LogP contribution in [-0.2, 0) is 6.54 Å². The fraction of sp³-hybridized carbons (Fsp3) is 0.375. The summed E-state index contributed by atoms with van der Waals surface area (Å²) in [7, 11) is 0. The molecule has 0 atom stereocenters. The van der Waals surface area contributed by atoms with Crippen LogP contribution in [0.4, 0.5) is 0 Å². The number of hydrogen-bond donors (Lipinski definition) is 0. The fourth-order valence-corrected chi connectivity index (χ4v) is 4.70. The monoisotopic (exact) mass is 488 g/mol. The van der Waals surface area contributed by atoms with Crippen molar-refractivity contribution in [1.29, 1.82) is 0 Å². The number of carbonyl (C=O) groups is 1. The molecule has 1 aliphatic rings. The third kappa shape index (κ3) is 4.90. The minimum atomic E-state index is 0.113. The Bertz CT molecular complexity index is 1040. The summed E-state index contributed by atoms with van der Waals surface area (Å²) in [5.74, 6) is 0.895. The number of Topliss-reactive ketones (excluding diaryl/α,β-unsaturated/α-hetero) is 1. The molecule has 0 saturated carbocycles. The number of piperidine rings is 1. The van der Waals surface area contributed by atoms with Crippen LogP contribution in [0.15, 0.2) is 53.1 Å². The molecule has 3 aromatic rings. The second kappa shape index (κ2) is 9.54. The minimum absolute atomic E-state index is 0.113. The summed E-state index contributed by atoms with van der Waals surface area (Å²) >= 11 is 9.76. The van der Waals surface area contributed by atoms with Crippen LogP contribution in [0.2, 0.25) is 5.02 Å². The highest BCUT2D eigenvalue weighted by Gasteiger charge is 2.21. The van der Waals surface area contributed by atoms with E-state index >= 15 is 0 Å². The molecule has 1 fully saturated rings. The van der Waals surface area contributed by atoms with Crippen LogP contribution in [0.5, 0.6) is 5.75 Å². The lowest BCUT2D eigenvalue weighted by atomic mass is 10.1. The molecule has 6 heteroatoms. The molecule has 1 aliphatic heterocycles. The number of nitrogens with zero attached hydrogens (tertiary/aromatic N) is 2. The maximum absolute atomic E-state index is 12.0. The summed E-state index contributed by atoms with van der Waals surface area (Å²) < 4.78 is 9.34. The first-order valence-electron chi connectivity index (χ1n) is 10.4. The van der Waals surface area contributed by atoms with Crippen molar-refractivity contribution in [3.8, 4) is 5.75 Å². The molecule has 4 rings (SSSR count). The standard InChI is InChI=1S/C24H26BrClN2O2/c1-17(29)21-16-28(23-15-18(25)7-8-20(21)23)12-4-11-27-13-9-19(10-14-27)30-24-6-3-2-5-22(24)26/h2-3,5-8,15-16,19H,4,9-14H2,1H3. The van der Waals surface area contributed by atoms with Crippen molar-refractivity contribution in [2.45, 2.75) is 38.8 Å². The maximum atomic E-state index is 12.0. The Morgan fingerprint density at radius 2 is 1.93 bits per heavy atom. The summed E-state index contributed by atoms with van der Waals surface area (Å²) in [6.45, 7) is 5.64. The lowest BCUT2D eigenvalue weighted by molar-refractivity contribution is 0.0994. The predicted octanol–water partition coefficient (Wildman–Crippen LogP) is 6.19. The van der Waals surface area contributed by atoms with Crippen molar-refractivity contribution in [1.82, 2.24) is 9.47 Å². The molecule has 0 N–H and O–H groups in total. The van der Waals surface area contributed by atoms with Gasteiger partial charge in [0.15, 0.2) is 5.78 Å². The van der Waals surface area contributed by atoms with Gasteiger partial charge in [-0.2, -0.15) is 0 Å². The molecule has 158 valence electrons. The Labute approximate surface area is 190 Å². The SMILES string of the molecule is CC(=O)c1cn(CCCN2CCC(Oc3ccccc3Cl)CC2)c2cc(Br)ccc12. The number of carbonyl (C=O) groups excluding carboxylic acids is 1.